The molecule has 0 fully saturated rings. The van der Waals surface area contributed by atoms with Gasteiger partial charge >= 0.3 is 0 Å². The number of nitrogens with zero attached hydrogens (tertiary/aromatic N) is 2. The molecule has 0 aliphatic carbocycles. The lowest BCUT2D eigenvalue weighted by molar-refractivity contribution is 0.311. The highest BCUT2D eigenvalue weighted by atomic mass is 35.5. The van der Waals surface area contributed by atoms with Gasteiger partial charge in [-0.3, -0.25) is 4.99 Å². The van der Waals surface area contributed by atoms with Gasteiger partial charge in [-0.05, 0) is 37.5 Å². The van der Waals surface area contributed by atoms with Gasteiger partial charge in [0.05, 0.1) is 31.0 Å². The first-order chi connectivity index (χ1) is 14.1. The monoisotopic (exact) mass is 422 g/mol. The van der Waals surface area contributed by atoms with E-state index in [9.17, 15) is 0 Å². The van der Waals surface area contributed by atoms with Gasteiger partial charge in [-0.1, -0.05) is 30.6 Å². The number of ether oxygens (including phenoxy) is 2. The molecule has 0 saturated heterocycles. The van der Waals surface area contributed by atoms with E-state index in [4.69, 9.17) is 25.6 Å². The fraction of sp³-hybridized carbons (Fsp3) is 0.524. The SMILES string of the molecule is CCOc1c(Cl)cc(CNC(=NC)NCc2cc(C(CC)CC)no2)cc1OC. The van der Waals surface area contributed by atoms with Gasteiger partial charge in [0, 0.05) is 25.6 Å². The Morgan fingerprint density at radius 1 is 1.17 bits per heavy atom. The number of guanidine groups is 1. The van der Waals surface area contributed by atoms with Crippen LogP contribution in [-0.2, 0) is 13.1 Å². The number of halogens is 1. The lowest BCUT2D eigenvalue weighted by Crippen LogP contribution is -2.36. The van der Waals surface area contributed by atoms with Crippen molar-refractivity contribution in [2.45, 2.75) is 52.6 Å². The minimum absolute atomic E-state index is 0.435. The summed E-state index contributed by atoms with van der Waals surface area (Å²) in [7, 11) is 3.32. The van der Waals surface area contributed by atoms with Crippen LogP contribution in [0.25, 0.3) is 0 Å². The van der Waals surface area contributed by atoms with Crippen LogP contribution in [0.2, 0.25) is 5.02 Å². The summed E-state index contributed by atoms with van der Waals surface area (Å²) in [5.41, 5.74) is 1.96. The van der Waals surface area contributed by atoms with Crippen molar-refractivity contribution in [3.8, 4) is 11.5 Å². The van der Waals surface area contributed by atoms with Gasteiger partial charge in [-0.15, -0.1) is 0 Å². The summed E-state index contributed by atoms with van der Waals surface area (Å²) in [4.78, 5) is 4.25. The molecule has 0 atom stereocenters. The number of nitrogens with one attached hydrogen (secondary N) is 2. The van der Waals surface area contributed by atoms with E-state index < -0.39 is 0 Å². The van der Waals surface area contributed by atoms with Crippen LogP contribution in [-0.4, -0.2) is 31.9 Å². The van der Waals surface area contributed by atoms with Crippen LogP contribution in [0.15, 0.2) is 27.7 Å². The molecule has 2 aromatic rings. The van der Waals surface area contributed by atoms with Crippen LogP contribution < -0.4 is 20.1 Å². The predicted octanol–water partition coefficient (Wildman–Crippen LogP) is 4.50. The van der Waals surface area contributed by atoms with Crippen LogP contribution in [0.4, 0.5) is 0 Å². The molecule has 0 bridgehead atoms. The molecule has 1 heterocycles. The molecule has 29 heavy (non-hydrogen) atoms. The van der Waals surface area contributed by atoms with E-state index in [1.807, 2.05) is 25.1 Å². The van der Waals surface area contributed by atoms with Gasteiger partial charge in [0.15, 0.2) is 23.2 Å². The molecule has 0 radical (unpaired) electrons. The zero-order valence-electron chi connectivity index (χ0n) is 17.8. The molecule has 0 aliphatic heterocycles. The first-order valence-corrected chi connectivity index (χ1v) is 10.3. The zero-order valence-corrected chi connectivity index (χ0v) is 18.6. The van der Waals surface area contributed by atoms with Crippen molar-refractivity contribution < 1.29 is 14.0 Å². The largest absolute Gasteiger partial charge is 0.493 e. The van der Waals surface area contributed by atoms with Gasteiger partial charge in [-0.2, -0.15) is 0 Å². The van der Waals surface area contributed by atoms with E-state index in [2.05, 4.69) is 34.6 Å². The molecule has 1 aromatic heterocycles. The van der Waals surface area contributed by atoms with Crippen LogP contribution >= 0.6 is 11.6 Å². The van der Waals surface area contributed by atoms with Crippen LogP contribution in [0.3, 0.4) is 0 Å². The molecule has 0 saturated carbocycles. The van der Waals surface area contributed by atoms with Crippen molar-refractivity contribution in [3.05, 3.63) is 40.2 Å². The molecule has 0 amide bonds. The minimum Gasteiger partial charge on any atom is -0.493 e. The normalized spacial score (nSPS) is 11.6. The molecule has 0 aliphatic rings. The van der Waals surface area contributed by atoms with E-state index in [1.165, 1.54) is 0 Å². The third-order valence-corrected chi connectivity index (χ3v) is 4.95. The summed E-state index contributed by atoms with van der Waals surface area (Å²) in [5, 5.41) is 11.2. The third kappa shape index (κ3) is 6.29. The number of rotatable bonds is 10. The maximum Gasteiger partial charge on any atom is 0.191 e. The summed E-state index contributed by atoms with van der Waals surface area (Å²) in [6.45, 7) is 7.77. The van der Waals surface area contributed by atoms with Gasteiger partial charge in [0.25, 0.3) is 0 Å². The highest BCUT2D eigenvalue weighted by Gasteiger charge is 2.14. The number of hydrogen-bond acceptors (Lipinski definition) is 5. The number of benzene rings is 1. The lowest BCUT2D eigenvalue weighted by Gasteiger charge is -2.15. The Bertz CT molecular complexity index is 803. The van der Waals surface area contributed by atoms with E-state index in [0.717, 1.165) is 29.9 Å². The summed E-state index contributed by atoms with van der Waals surface area (Å²) < 4.78 is 16.4. The van der Waals surface area contributed by atoms with Gasteiger partial charge in [-0.25, -0.2) is 0 Å². The van der Waals surface area contributed by atoms with E-state index in [-0.39, 0.29) is 0 Å². The van der Waals surface area contributed by atoms with Gasteiger partial charge in [0.2, 0.25) is 0 Å². The van der Waals surface area contributed by atoms with Gasteiger partial charge < -0.3 is 24.6 Å². The molecule has 8 heteroatoms. The lowest BCUT2D eigenvalue weighted by atomic mass is 9.99. The number of aromatic nitrogens is 1. The number of methoxy groups -OCH3 is 1. The molecule has 2 rings (SSSR count). The first kappa shape index (κ1) is 22.9. The second-order valence-corrected chi connectivity index (χ2v) is 6.96. The molecule has 2 N–H and O–H groups in total. The second-order valence-electron chi connectivity index (χ2n) is 6.55. The second kappa shape index (κ2) is 11.6. The molecular formula is C21H31ClN4O3. The Labute approximate surface area is 177 Å². The average molecular weight is 423 g/mol. The van der Waals surface area contributed by atoms with Crippen molar-refractivity contribution in [3.63, 3.8) is 0 Å². The molecule has 1 aromatic carbocycles. The van der Waals surface area contributed by atoms with Crippen molar-refractivity contribution in [2.75, 3.05) is 20.8 Å². The summed E-state index contributed by atoms with van der Waals surface area (Å²) in [5.74, 6) is 3.02. The van der Waals surface area contributed by atoms with Crippen molar-refractivity contribution in [2.24, 2.45) is 4.99 Å². The average Bonchev–Trinajstić information content (AvgIpc) is 3.19. The molecular weight excluding hydrogens is 392 g/mol. The molecule has 0 unspecified atom stereocenters. The first-order valence-electron chi connectivity index (χ1n) is 9.95. The summed E-state index contributed by atoms with van der Waals surface area (Å²) in [6, 6.07) is 5.76. The van der Waals surface area contributed by atoms with Crippen LogP contribution in [0.1, 0.15) is 56.5 Å². The third-order valence-electron chi connectivity index (χ3n) is 4.67. The topological polar surface area (TPSA) is 80.9 Å². The quantitative estimate of drug-likeness (QED) is 0.433. The van der Waals surface area contributed by atoms with E-state index in [1.54, 1.807) is 14.2 Å². The predicted molar refractivity (Wildman–Crippen MR) is 116 cm³/mol. The Morgan fingerprint density at radius 3 is 2.52 bits per heavy atom. The fourth-order valence-electron chi connectivity index (χ4n) is 3.05. The Hall–Kier alpha value is -2.41. The highest BCUT2D eigenvalue weighted by molar-refractivity contribution is 6.32. The standard InChI is InChI=1S/C21H31ClN4O3/c1-6-15(7-2)18-11-16(29-26-18)13-25-21(23-4)24-12-14-9-17(22)20(28-8-3)19(10-14)27-5/h9-11,15H,6-8,12-13H2,1-5H3,(H2,23,24,25). The Morgan fingerprint density at radius 2 is 1.90 bits per heavy atom. The van der Waals surface area contributed by atoms with E-state index >= 15 is 0 Å². The van der Waals surface area contributed by atoms with Gasteiger partial charge in [0.1, 0.15) is 0 Å². The minimum atomic E-state index is 0.435. The van der Waals surface area contributed by atoms with Crippen LogP contribution in [0, 0.1) is 0 Å². The smallest absolute Gasteiger partial charge is 0.191 e. The number of aliphatic imine (C=N–C) groups is 1. The molecule has 0 spiro atoms. The van der Waals surface area contributed by atoms with Crippen molar-refractivity contribution >= 4 is 17.6 Å². The number of hydrogen-bond donors (Lipinski definition) is 2. The summed E-state index contributed by atoms with van der Waals surface area (Å²) in [6.07, 6.45) is 2.10. The van der Waals surface area contributed by atoms with Crippen LogP contribution in [0.5, 0.6) is 11.5 Å². The van der Waals surface area contributed by atoms with Crippen molar-refractivity contribution in [1.82, 2.24) is 15.8 Å². The maximum atomic E-state index is 6.34. The zero-order chi connectivity index (χ0) is 21.2. The fourth-order valence-corrected chi connectivity index (χ4v) is 3.34. The Balaban J connectivity index is 1.95. The summed E-state index contributed by atoms with van der Waals surface area (Å²) >= 11 is 6.34. The maximum absolute atomic E-state index is 6.34. The Kier molecular flexibility index (Phi) is 9.12. The highest BCUT2D eigenvalue weighted by Crippen LogP contribution is 2.36. The molecule has 7 nitrogen and oxygen atoms in total. The van der Waals surface area contributed by atoms with Crippen molar-refractivity contribution in [1.29, 1.82) is 0 Å². The molecule has 160 valence electrons. The van der Waals surface area contributed by atoms with E-state index in [0.29, 0.717) is 48.1 Å².